The molecule has 0 saturated heterocycles. The number of fused-ring (bicyclic) bond motifs is 1. The highest BCUT2D eigenvalue weighted by Crippen LogP contribution is 2.29. The van der Waals surface area contributed by atoms with E-state index in [1.165, 1.54) is 4.90 Å². The fourth-order valence-electron chi connectivity index (χ4n) is 3.26. The summed E-state index contributed by atoms with van der Waals surface area (Å²) in [5.74, 6) is -0.152. The zero-order valence-electron chi connectivity index (χ0n) is 11.6. The molecule has 3 rings (SSSR count). The largest absolute Gasteiger partial charge is 0.393 e. The Morgan fingerprint density at radius 3 is 2.70 bits per heavy atom. The number of nitrogens with zero attached hydrogens (tertiary/aromatic N) is 1. The van der Waals surface area contributed by atoms with Crippen LogP contribution >= 0.6 is 0 Å². The highest BCUT2D eigenvalue weighted by molar-refractivity contribution is 6.21. The van der Waals surface area contributed by atoms with E-state index < -0.39 is 0 Å². The van der Waals surface area contributed by atoms with E-state index >= 15 is 0 Å². The van der Waals surface area contributed by atoms with Crippen molar-refractivity contribution in [2.24, 2.45) is 5.92 Å². The Bertz CT molecular complexity index is 567. The Morgan fingerprint density at radius 1 is 1.20 bits per heavy atom. The molecule has 0 bridgehead atoms. The van der Waals surface area contributed by atoms with Gasteiger partial charge in [-0.05, 0) is 44.2 Å². The lowest BCUT2D eigenvalue weighted by Gasteiger charge is -2.28. The first kappa shape index (κ1) is 13.3. The number of imide groups is 1. The molecule has 2 aliphatic rings. The van der Waals surface area contributed by atoms with E-state index in [-0.39, 0.29) is 23.8 Å². The second-order valence-electron chi connectivity index (χ2n) is 5.96. The molecule has 1 saturated carbocycles. The third-order valence-corrected chi connectivity index (χ3v) is 4.32. The van der Waals surface area contributed by atoms with Crippen molar-refractivity contribution in [3.63, 3.8) is 0 Å². The van der Waals surface area contributed by atoms with Crippen molar-refractivity contribution in [1.29, 1.82) is 0 Å². The number of hydrogen-bond donors (Lipinski definition) is 1. The van der Waals surface area contributed by atoms with Crippen LogP contribution in [0, 0.1) is 12.8 Å². The lowest BCUT2D eigenvalue weighted by molar-refractivity contribution is 0.0541. The summed E-state index contributed by atoms with van der Waals surface area (Å²) in [5, 5.41) is 9.71. The van der Waals surface area contributed by atoms with Gasteiger partial charge in [0, 0.05) is 6.54 Å². The van der Waals surface area contributed by atoms with Gasteiger partial charge in [0.1, 0.15) is 0 Å². The van der Waals surface area contributed by atoms with E-state index in [2.05, 4.69) is 0 Å². The number of amides is 2. The van der Waals surface area contributed by atoms with Gasteiger partial charge in [-0.3, -0.25) is 14.5 Å². The number of aliphatic hydroxyl groups is 1. The first-order valence-corrected chi connectivity index (χ1v) is 7.21. The van der Waals surface area contributed by atoms with Crippen LogP contribution in [-0.2, 0) is 0 Å². The summed E-state index contributed by atoms with van der Waals surface area (Å²) in [5.41, 5.74) is 2.02. The monoisotopic (exact) mass is 273 g/mol. The van der Waals surface area contributed by atoms with Gasteiger partial charge < -0.3 is 5.11 Å². The van der Waals surface area contributed by atoms with E-state index in [1.807, 2.05) is 13.0 Å². The third kappa shape index (κ3) is 2.24. The fraction of sp³-hybridized carbons (Fsp3) is 0.500. The predicted molar refractivity (Wildman–Crippen MR) is 74.5 cm³/mol. The van der Waals surface area contributed by atoms with Crippen LogP contribution in [0.5, 0.6) is 0 Å². The molecule has 1 fully saturated rings. The van der Waals surface area contributed by atoms with Crippen molar-refractivity contribution in [3.05, 3.63) is 34.9 Å². The van der Waals surface area contributed by atoms with Gasteiger partial charge in [-0.1, -0.05) is 18.1 Å². The average molecular weight is 273 g/mol. The molecule has 0 radical (unpaired) electrons. The summed E-state index contributed by atoms with van der Waals surface area (Å²) in [6.45, 7) is 2.35. The molecular weight excluding hydrogens is 254 g/mol. The van der Waals surface area contributed by atoms with Gasteiger partial charge in [0.2, 0.25) is 0 Å². The van der Waals surface area contributed by atoms with Crippen LogP contribution in [0.3, 0.4) is 0 Å². The molecule has 0 spiro atoms. The molecular formula is C16H19NO3. The van der Waals surface area contributed by atoms with Crippen LogP contribution in [0.1, 0.15) is 52.0 Å². The molecule has 2 unspecified atom stereocenters. The van der Waals surface area contributed by atoms with E-state index in [4.69, 9.17) is 0 Å². The van der Waals surface area contributed by atoms with Crippen molar-refractivity contribution in [3.8, 4) is 0 Å². The van der Waals surface area contributed by atoms with Crippen LogP contribution < -0.4 is 0 Å². The highest BCUT2D eigenvalue weighted by Gasteiger charge is 2.37. The summed E-state index contributed by atoms with van der Waals surface area (Å²) in [7, 11) is 0. The van der Waals surface area contributed by atoms with Crippen molar-refractivity contribution < 1.29 is 14.7 Å². The van der Waals surface area contributed by atoms with Crippen LogP contribution in [-0.4, -0.2) is 34.5 Å². The Labute approximate surface area is 118 Å². The Kier molecular flexibility index (Phi) is 3.34. The molecule has 1 aliphatic carbocycles. The predicted octanol–water partition coefficient (Wildman–Crippen LogP) is 2.14. The van der Waals surface area contributed by atoms with Crippen molar-refractivity contribution in [2.45, 2.75) is 38.7 Å². The molecule has 2 amide bonds. The molecule has 1 N–H and O–H groups in total. The maximum atomic E-state index is 12.4. The summed E-state index contributed by atoms with van der Waals surface area (Å²) in [6.07, 6.45) is 3.17. The number of rotatable bonds is 2. The summed E-state index contributed by atoms with van der Waals surface area (Å²) in [4.78, 5) is 26.0. The van der Waals surface area contributed by atoms with Crippen molar-refractivity contribution in [2.75, 3.05) is 6.54 Å². The number of carbonyl (C=O) groups excluding carboxylic acids is 2. The van der Waals surface area contributed by atoms with Crippen molar-refractivity contribution >= 4 is 11.8 Å². The standard InChI is InChI=1S/C16H19NO3/c1-10-5-6-13-14(7-10)16(20)17(15(13)19)9-11-3-2-4-12(18)8-11/h5-7,11-12,18H,2-4,8-9H2,1H3. The molecule has 20 heavy (non-hydrogen) atoms. The number of carbonyl (C=O) groups is 2. The SMILES string of the molecule is Cc1ccc2c(c1)C(=O)N(CC1CCCC(O)C1)C2=O. The summed E-state index contributed by atoms with van der Waals surface area (Å²) in [6, 6.07) is 5.38. The quantitative estimate of drug-likeness (QED) is 0.840. The minimum Gasteiger partial charge on any atom is -0.393 e. The van der Waals surface area contributed by atoms with Crippen LogP contribution in [0.15, 0.2) is 18.2 Å². The second kappa shape index (κ2) is 5.02. The molecule has 1 aromatic carbocycles. The van der Waals surface area contributed by atoms with Crippen molar-refractivity contribution in [1.82, 2.24) is 4.90 Å². The number of hydrogen-bond acceptors (Lipinski definition) is 3. The molecule has 4 heteroatoms. The third-order valence-electron chi connectivity index (χ3n) is 4.32. The minimum absolute atomic E-state index is 0.186. The van der Waals surface area contributed by atoms with E-state index in [1.54, 1.807) is 12.1 Å². The molecule has 4 nitrogen and oxygen atoms in total. The fourth-order valence-corrected chi connectivity index (χ4v) is 3.26. The van der Waals surface area contributed by atoms with Crippen LogP contribution in [0.2, 0.25) is 0 Å². The maximum absolute atomic E-state index is 12.4. The number of benzene rings is 1. The Hall–Kier alpha value is -1.68. The van der Waals surface area contributed by atoms with Gasteiger partial charge in [0.25, 0.3) is 11.8 Å². The van der Waals surface area contributed by atoms with Gasteiger partial charge in [-0.2, -0.15) is 0 Å². The zero-order valence-corrected chi connectivity index (χ0v) is 11.6. The van der Waals surface area contributed by atoms with Gasteiger partial charge in [-0.25, -0.2) is 0 Å². The lowest BCUT2D eigenvalue weighted by atomic mass is 9.87. The number of aryl methyl sites for hydroxylation is 1. The topological polar surface area (TPSA) is 57.6 Å². The normalized spacial score (nSPS) is 26.0. The van der Waals surface area contributed by atoms with Gasteiger partial charge in [0.05, 0.1) is 17.2 Å². The van der Waals surface area contributed by atoms with E-state index in [0.29, 0.717) is 24.1 Å². The van der Waals surface area contributed by atoms with Gasteiger partial charge in [0.15, 0.2) is 0 Å². The molecule has 0 aromatic heterocycles. The smallest absolute Gasteiger partial charge is 0.261 e. The summed E-state index contributed by atoms with van der Waals surface area (Å²) >= 11 is 0. The first-order valence-electron chi connectivity index (χ1n) is 7.21. The minimum atomic E-state index is -0.286. The molecule has 1 aromatic rings. The summed E-state index contributed by atoms with van der Waals surface area (Å²) < 4.78 is 0. The second-order valence-corrected chi connectivity index (χ2v) is 5.96. The zero-order chi connectivity index (χ0) is 14.3. The van der Waals surface area contributed by atoms with E-state index in [9.17, 15) is 14.7 Å². The van der Waals surface area contributed by atoms with Gasteiger partial charge >= 0.3 is 0 Å². The number of aliphatic hydroxyl groups excluding tert-OH is 1. The molecule has 1 aliphatic heterocycles. The Balaban J connectivity index is 1.79. The van der Waals surface area contributed by atoms with Crippen LogP contribution in [0.4, 0.5) is 0 Å². The highest BCUT2D eigenvalue weighted by atomic mass is 16.3. The first-order chi connectivity index (χ1) is 9.56. The maximum Gasteiger partial charge on any atom is 0.261 e. The molecule has 106 valence electrons. The molecule has 2 atom stereocenters. The van der Waals surface area contributed by atoms with E-state index in [0.717, 1.165) is 24.8 Å². The average Bonchev–Trinajstić information content (AvgIpc) is 2.64. The Morgan fingerprint density at radius 2 is 1.95 bits per heavy atom. The molecule has 1 heterocycles. The van der Waals surface area contributed by atoms with Crippen LogP contribution in [0.25, 0.3) is 0 Å². The lowest BCUT2D eigenvalue weighted by Crippen LogP contribution is -2.37. The van der Waals surface area contributed by atoms with Gasteiger partial charge in [-0.15, -0.1) is 0 Å².